The second-order valence-corrected chi connectivity index (χ2v) is 6.62. The fraction of sp³-hybridized carbons (Fsp3) is 0.143. The fourth-order valence-corrected chi connectivity index (χ4v) is 2.39. The molecule has 0 saturated heterocycles. The third-order valence-electron chi connectivity index (χ3n) is 4.03. The molecule has 13 heteroatoms. The summed E-state index contributed by atoms with van der Waals surface area (Å²) < 4.78 is 70.1. The first-order chi connectivity index (χ1) is 15.8. The Kier molecular flexibility index (Phi) is 8.16. The average molecular weight is 486 g/mol. The summed E-state index contributed by atoms with van der Waals surface area (Å²) in [7, 11) is 0. The zero-order valence-electron chi connectivity index (χ0n) is 17.2. The maximum Gasteiger partial charge on any atom is 0.490 e. The second-order valence-electron chi connectivity index (χ2n) is 6.62. The average Bonchev–Trinajstić information content (AvgIpc) is 2.75. The van der Waals surface area contributed by atoms with Gasteiger partial charge in [0, 0.05) is 16.9 Å². The van der Waals surface area contributed by atoms with E-state index in [-0.39, 0.29) is 5.69 Å². The van der Waals surface area contributed by atoms with E-state index in [1.54, 1.807) is 30.6 Å². The Labute approximate surface area is 188 Å². The molecule has 0 atom stereocenters. The highest BCUT2D eigenvalue weighted by Gasteiger charge is 2.38. The molecule has 3 rings (SSSR count). The molecule has 0 bridgehead atoms. The number of aliphatic carboxylic acids is 1. The van der Waals surface area contributed by atoms with Crippen molar-refractivity contribution in [1.82, 2.24) is 9.97 Å². The van der Waals surface area contributed by atoms with E-state index in [0.717, 1.165) is 17.7 Å². The molecule has 1 heterocycles. The Balaban J connectivity index is 0.000000509. The van der Waals surface area contributed by atoms with E-state index < -0.39 is 29.8 Å². The van der Waals surface area contributed by atoms with Gasteiger partial charge in [0.25, 0.3) is 5.91 Å². The van der Waals surface area contributed by atoms with Crippen molar-refractivity contribution in [3.63, 3.8) is 0 Å². The molecule has 34 heavy (non-hydrogen) atoms. The minimum atomic E-state index is -5.08. The molecule has 3 N–H and O–H groups in total. The minimum Gasteiger partial charge on any atom is -0.475 e. The van der Waals surface area contributed by atoms with Gasteiger partial charge >= 0.3 is 18.3 Å². The molecule has 0 aliphatic rings. The summed E-state index contributed by atoms with van der Waals surface area (Å²) in [6.07, 6.45) is -4.99. The summed E-state index contributed by atoms with van der Waals surface area (Å²) in [6, 6.07) is 9.46. The molecule has 0 aliphatic heterocycles. The maximum atomic E-state index is 12.8. The van der Waals surface area contributed by atoms with Gasteiger partial charge in [0.1, 0.15) is 6.33 Å². The van der Waals surface area contributed by atoms with Crippen LogP contribution in [0.4, 0.5) is 43.4 Å². The van der Waals surface area contributed by atoms with Gasteiger partial charge in [0.15, 0.2) is 0 Å². The fourth-order valence-electron chi connectivity index (χ4n) is 2.39. The van der Waals surface area contributed by atoms with E-state index in [1.165, 1.54) is 18.5 Å². The molecule has 0 radical (unpaired) electrons. The highest BCUT2D eigenvalue weighted by molar-refractivity contribution is 6.05. The summed E-state index contributed by atoms with van der Waals surface area (Å²) in [5.74, 6) is -3.27. The zero-order chi connectivity index (χ0) is 25.5. The molecule has 180 valence electrons. The summed E-state index contributed by atoms with van der Waals surface area (Å²) >= 11 is 0. The van der Waals surface area contributed by atoms with Crippen molar-refractivity contribution in [2.45, 2.75) is 19.3 Å². The monoisotopic (exact) mass is 486 g/mol. The van der Waals surface area contributed by atoms with E-state index in [9.17, 15) is 31.1 Å². The minimum absolute atomic E-state index is 0.0707. The number of rotatable bonds is 4. The third kappa shape index (κ3) is 7.76. The van der Waals surface area contributed by atoms with Gasteiger partial charge in [-0.1, -0.05) is 12.1 Å². The summed E-state index contributed by atoms with van der Waals surface area (Å²) in [4.78, 5) is 29.2. The molecule has 3 aromatic rings. The lowest BCUT2D eigenvalue weighted by Crippen LogP contribution is -2.21. The van der Waals surface area contributed by atoms with Gasteiger partial charge in [-0.15, -0.1) is 0 Å². The van der Waals surface area contributed by atoms with E-state index in [4.69, 9.17) is 9.90 Å². The number of hydrogen-bond acceptors (Lipinski definition) is 5. The number of amides is 1. The number of anilines is 3. The number of nitrogens with one attached hydrogen (secondary N) is 2. The molecule has 2 aromatic carbocycles. The Bertz CT molecular complexity index is 1150. The van der Waals surface area contributed by atoms with Crippen LogP contribution in [-0.2, 0) is 11.0 Å². The predicted octanol–water partition coefficient (Wildman–Crippen LogP) is 5.43. The van der Waals surface area contributed by atoms with Crippen LogP contribution in [0.2, 0.25) is 0 Å². The number of aryl methyl sites for hydroxylation is 1. The van der Waals surface area contributed by atoms with E-state index in [1.807, 2.05) is 6.92 Å². The number of carbonyl (C=O) groups excluding carboxylic acids is 1. The highest BCUT2D eigenvalue weighted by Crippen LogP contribution is 2.31. The van der Waals surface area contributed by atoms with Gasteiger partial charge in [0.05, 0.1) is 23.6 Å². The quantitative estimate of drug-likeness (QED) is 0.425. The predicted molar refractivity (Wildman–Crippen MR) is 110 cm³/mol. The Morgan fingerprint density at radius 1 is 0.912 bits per heavy atom. The van der Waals surface area contributed by atoms with E-state index in [0.29, 0.717) is 16.9 Å². The zero-order valence-corrected chi connectivity index (χ0v) is 17.2. The van der Waals surface area contributed by atoms with Crippen LogP contribution in [0.15, 0.2) is 61.2 Å². The molecule has 0 spiro atoms. The number of benzene rings is 2. The van der Waals surface area contributed by atoms with Crippen LogP contribution in [0, 0.1) is 6.92 Å². The topological polar surface area (TPSA) is 104 Å². The summed E-state index contributed by atoms with van der Waals surface area (Å²) in [6.45, 7) is 1.86. The second kappa shape index (κ2) is 10.6. The molecule has 1 amide bonds. The number of alkyl halides is 6. The smallest absolute Gasteiger partial charge is 0.475 e. The molecule has 7 nitrogen and oxygen atoms in total. The standard InChI is InChI=1S/C19H15F3N4O.C2HF3O2/c1-12-5-6-13(7-17(12)25-16-9-23-11-24-10-16)18(27)26-15-4-2-3-14(8-15)19(20,21)22;3-2(4,5)1(6)7/h2-11,25H,1H3,(H,26,27);(H,6,7). The molecular weight excluding hydrogens is 470 g/mol. The Morgan fingerprint density at radius 3 is 2.09 bits per heavy atom. The van der Waals surface area contributed by atoms with Crippen LogP contribution in [-0.4, -0.2) is 33.1 Å². The lowest BCUT2D eigenvalue weighted by molar-refractivity contribution is -0.192. The van der Waals surface area contributed by atoms with Gasteiger partial charge in [-0.25, -0.2) is 14.8 Å². The maximum absolute atomic E-state index is 12.8. The first kappa shape index (κ1) is 26.1. The number of halogens is 6. The van der Waals surface area contributed by atoms with Gasteiger partial charge in [-0.3, -0.25) is 4.79 Å². The number of carboxylic acids is 1. The Morgan fingerprint density at radius 2 is 1.53 bits per heavy atom. The van der Waals surface area contributed by atoms with Crippen LogP contribution in [0.1, 0.15) is 21.5 Å². The van der Waals surface area contributed by atoms with Crippen molar-refractivity contribution < 1.29 is 41.0 Å². The van der Waals surface area contributed by atoms with Crippen LogP contribution < -0.4 is 10.6 Å². The van der Waals surface area contributed by atoms with Crippen molar-refractivity contribution in [2.75, 3.05) is 10.6 Å². The number of carbonyl (C=O) groups is 2. The molecule has 1 aromatic heterocycles. The van der Waals surface area contributed by atoms with Gasteiger partial charge in [-0.05, 0) is 42.8 Å². The van der Waals surface area contributed by atoms with Crippen molar-refractivity contribution in [2.24, 2.45) is 0 Å². The lowest BCUT2D eigenvalue weighted by atomic mass is 10.1. The molecule has 0 unspecified atom stereocenters. The molecule has 0 fully saturated rings. The summed E-state index contributed by atoms with van der Waals surface area (Å²) in [5.41, 5.74) is 1.75. The van der Waals surface area contributed by atoms with Crippen LogP contribution in [0.3, 0.4) is 0 Å². The van der Waals surface area contributed by atoms with Crippen LogP contribution >= 0.6 is 0 Å². The number of nitrogens with zero attached hydrogens (tertiary/aromatic N) is 2. The molecular formula is C21H16F6N4O3. The number of aromatic nitrogens is 2. The van der Waals surface area contributed by atoms with Crippen LogP contribution in [0.5, 0.6) is 0 Å². The van der Waals surface area contributed by atoms with Crippen molar-refractivity contribution in [3.8, 4) is 0 Å². The van der Waals surface area contributed by atoms with Crippen LogP contribution in [0.25, 0.3) is 0 Å². The number of hydrogen-bond donors (Lipinski definition) is 3. The first-order valence-corrected chi connectivity index (χ1v) is 9.19. The van der Waals surface area contributed by atoms with Gasteiger partial charge < -0.3 is 15.7 Å². The number of carboxylic acid groups (broad SMARTS) is 1. The molecule has 0 saturated carbocycles. The lowest BCUT2D eigenvalue weighted by Gasteiger charge is -2.12. The highest BCUT2D eigenvalue weighted by atomic mass is 19.4. The largest absolute Gasteiger partial charge is 0.490 e. The van der Waals surface area contributed by atoms with Gasteiger partial charge in [0.2, 0.25) is 0 Å². The first-order valence-electron chi connectivity index (χ1n) is 9.19. The molecule has 0 aliphatic carbocycles. The van der Waals surface area contributed by atoms with E-state index in [2.05, 4.69) is 20.6 Å². The normalized spacial score (nSPS) is 11.1. The summed E-state index contributed by atoms with van der Waals surface area (Å²) in [5, 5.41) is 12.7. The van der Waals surface area contributed by atoms with Crippen molar-refractivity contribution >= 4 is 28.9 Å². The van der Waals surface area contributed by atoms with Gasteiger partial charge in [-0.2, -0.15) is 26.3 Å². The Hall–Kier alpha value is -4.16. The third-order valence-corrected chi connectivity index (χ3v) is 4.03. The van der Waals surface area contributed by atoms with Crippen molar-refractivity contribution in [3.05, 3.63) is 77.9 Å². The van der Waals surface area contributed by atoms with Crippen molar-refractivity contribution in [1.29, 1.82) is 0 Å². The van der Waals surface area contributed by atoms with E-state index >= 15 is 0 Å². The SMILES string of the molecule is Cc1ccc(C(=O)Nc2cccc(C(F)(F)F)c2)cc1Nc1cncnc1.O=C(O)C(F)(F)F.